The summed E-state index contributed by atoms with van der Waals surface area (Å²) in [6.07, 6.45) is 1.06. The van der Waals surface area contributed by atoms with Crippen LogP contribution in [-0.4, -0.2) is 23.0 Å². The number of nitrogens with one attached hydrogen (secondary N) is 1. The highest BCUT2D eigenvalue weighted by Crippen LogP contribution is 2.24. The van der Waals surface area contributed by atoms with Crippen LogP contribution in [0, 0.1) is 10.1 Å². The minimum Gasteiger partial charge on any atom is -0.393 e. The van der Waals surface area contributed by atoms with E-state index in [1.165, 1.54) is 6.07 Å². The summed E-state index contributed by atoms with van der Waals surface area (Å²) in [5, 5.41) is 13.8. The van der Waals surface area contributed by atoms with Crippen LogP contribution in [0.1, 0.15) is 13.3 Å². The summed E-state index contributed by atoms with van der Waals surface area (Å²) < 4.78 is 0. The predicted octanol–water partition coefficient (Wildman–Crippen LogP) is 2.73. The molecule has 0 atom stereocenters. The van der Waals surface area contributed by atoms with Crippen LogP contribution in [0.15, 0.2) is 18.2 Å². The Morgan fingerprint density at radius 1 is 1.53 bits per heavy atom. The molecule has 0 spiro atoms. The Morgan fingerprint density at radius 3 is 2.88 bits per heavy atom. The topological polar surface area (TPSA) is 81.2 Å². The molecule has 0 radical (unpaired) electrons. The molecule has 17 heavy (non-hydrogen) atoms. The van der Waals surface area contributed by atoms with Crippen molar-refractivity contribution in [3.05, 3.63) is 28.3 Å². The summed E-state index contributed by atoms with van der Waals surface area (Å²) in [7, 11) is 0. The summed E-state index contributed by atoms with van der Waals surface area (Å²) in [5.41, 5.74) is 6.57. The molecule has 0 heterocycles. The van der Waals surface area contributed by atoms with E-state index in [0.717, 1.165) is 30.2 Å². The Bertz CT molecular complexity index is 385. The van der Waals surface area contributed by atoms with Crippen LogP contribution in [0.25, 0.3) is 0 Å². The fourth-order valence-corrected chi connectivity index (χ4v) is 2.02. The van der Waals surface area contributed by atoms with Gasteiger partial charge in [-0.1, -0.05) is 6.92 Å². The molecule has 6 heteroatoms. The zero-order valence-corrected chi connectivity index (χ0v) is 10.6. The Balaban J connectivity index is 2.45. The summed E-state index contributed by atoms with van der Waals surface area (Å²) in [5.74, 6) is 2.25. The van der Waals surface area contributed by atoms with Gasteiger partial charge in [0.25, 0.3) is 5.69 Å². The Morgan fingerprint density at radius 2 is 2.29 bits per heavy atom. The minimum atomic E-state index is -0.475. The number of nitrogens with two attached hydrogens (primary N) is 1. The van der Waals surface area contributed by atoms with Gasteiger partial charge in [0.1, 0.15) is 5.69 Å². The first-order valence-electron chi connectivity index (χ1n) is 5.50. The van der Waals surface area contributed by atoms with Gasteiger partial charge in [-0.25, -0.2) is 0 Å². The third-order valence-electron chi connectivity index (χ3n) is 2.22. The molecular formula is C11H17N3O2S. The van der Waals surface area contributed by atoms with Gasteiger partial charge < -0.3 is 11.1 Å². The molecule has 1 aromatic rings. The first-order chi connectivity index (χ1) is 8.15. The smallest absolute Gasteiger partial charge is 0.292 e. The second-order valence-electron chi connectivity index (χ2n) is 3.51. The SMILES string of the molecule is CCSCCCNc1ccc([N+](=O)[O-])c(N)c1. The molecule has 1 rings (SSSR count). The van der Waals surface area contributed by atoms with Gasteiger partial charge in [-0.05, 0) is 30.1 Å². The van der Waals surface area contributed by atoms with Gasteiger partial charge in [-0.3, -0.25) is 10.1 Å². The van der Waals surface area contributed by atoms with Crippen LogP contribution < -0.4 is 11.1 Å². The molecule has 0 aliphatic heterocycles. The van der Waals surface area contributed by atoms with E-state index in [9.17, 15) is 10.1 Å². The van der Waals surface area contributed by atoms with E-state index in [4.69, 9.17) is 5.73 Å². The quantitative estimate of drug-likeness (QED) is 0.339. The normalized spacial score (nSPS) is 10.2. The number of benzene rings is 1. The van der Waals surface area contributed by atoms with Crippen LogP contribution >= 0.6 is 11.8 Å². The number of nitrogen functional groups attached to an aromatic ring is 1. The number of nitrogens with zero attached hydrogens (tertiary/aromatic N) is 1. The lowest BCUT2D eigenvalue weighted by Gasteiger charge is -2.06. The monoisotopic (exact) mass is 255 g/mol. The fraction of sp³-hybridized carbons (Fsp3) is 0.455. The molecule has 3 N–H and O–H groups in total. The number of hydrogen-bond donors (Lipinski definition) is 2. The van der Waals surface area contributed by atoms with E-state index in [1.54, 1.807) is 12.1 Å². The molecule has 0 bridgehead atoms. The minimum absolute atomic E-state index is 0.0444. The van der Waals surface area contributed by atoms with Gasteiger partial charge in [0.2, 0.25) is 0 Å². The summed E-state index contributed by atoms with van der Waals surface area (Å²) in [6.45, 7) is 2.99. The third kappa shape index (κ3) is 4.52. The number of hydrogen-bond acceptors (Lipinski definition) is 5. The maximum Gasteiger partial charge on any atom is 0.292 e. The van der Waals surface area contributed by atoms with Crippen molar-refractivity contribution < 1.29 is 4.92 Å². The number of nitro benzene ring substituents is 1. The van der Waals surface area contributed by atoms with E-state index in [0.29, 0.717) is 0 Å². The van der Waals surface area contributed by atoms with Gasteiger partial charge >= 0.3 is 0 Å². The highest BCUT2D eigenvalue weighted by molar-refractivity contribution is 7.99. The predicted molar refractivity (Wildman–Crippen MR) is 73.6 cm³/mol. The molecule has 0 amide bonds. The van der Waals surface area contributed by atoms with Crippen molar-refractivity contribution in [1.29, 1.82) is 0 Å². The second-order valence-corrected chi connectivity index (χ2v) is 4.90. The molecular weight excluding hydrogens is 238 g/mol. The molecule has 1 aromatic carbocycles. The van der Waals surface area contributed by atoms with Crippen molar-refractivity contribution in [3.63, 3.8) is 0 Å². The zero-order valence-electron chi connectivity index (χ0n) is 9.81. The molecule has 0 aromatic heterocycles. The molecule has 0 saturated heterocycles. The summed E-state index contributed by atoms with van der Waals surface area (Å²) >= 11 is 1.90. The van der Waals surface area contributed by atoms with Crippen molar-refractivity contribution in [2.75, 3.05) is 29.1 Å². The Hall–Kier alpha value is -1.43. The van der Waals surface area contributed by atoms with E-state index >= 15 is 0 Å². The first-order valence-corrected chi connectivity index (χ1v) is 6.66. The fourth-order valence-electron chi connectivity index (χ4n) is 1.38. The number of nitro groups is 1. The molecule has 0 fully saturated rings. The largest absolute Gasteiger partial charge is 0.393 e. The number of rotatable bonds is 7. The Labute approximate surface area is 105 Å². The maximum absolute atomic E-state index is 10.6. The second kappa shape index (κ2) is 7.01. The standard InChI is InChI=1S/C11H17N3O2S/c1-2-17-7-3-6-13-9-4-5-11(14(15)16)10(12)8-9/h4-5,8,13H,2-3,6-7,12H2,1H3. The number of thioether (sulfide) groups is 1. The van der Waals surface area contributed by atoms with Gasteiger partial charge in [0, 0.05) is 18.3 Å². The lowest BCUT2D eigenvalue weighted by molar-refractivity contribution is -0.383. The van der Waals surface area contributed by atoms with E-state index in [-0.39, 0.29) is 11.4 Å². The molecule has 0 aliphatic rings. The average molecular weight is 255 g/mol. The van der Waals surface area contributed by atoms with Crippen molar-refractivity contribution in [1.82, 2.24) is 0 Å². The van der Waals surface area contributed by atoms with Crippen molar-refractivity contribution in [2.24, 2.45) is 0 Å². The lowest BCUT2D eigenvalue weighted by atomic mass is 10.2. The maximum atomic E-state index is 10.6. The average Bonchev–Trinajstić information content (AvgIpc) is 2.28. The Kier molecular flexibility index (Phi) is 5.62. The van der Waals surface area contributed by atoms with E-state index < -0.39 is 4.92 Å². The molecule has 5 nitrogen and oxygen atoms in total. The lowest BCUT2D eigenvalue weighted by Crippen LogP contribution is -2.04. The highest BCUT2D eigenvalue weighted by atomic mass is 32.2. The highest BCUT2D eigenvalue weighted by Gasteiger charge is 2.10. The van der Waals surface area contributed by atoms with Gasteiger partial charge in [0.05, 0.1) is 4.92 Å². The van der Waals surface area contributed by atoms with Gasteiger partial charge in [-0.2, -0.15) is 11.8 Å². The third-order valence-corrected chi connectivity index (χ3v) is 3.21. The summed E-state index contributed by atoms with van der Waals surface area (Å²) in [6, 6.07) is 4.71. The van der Waals surface area contributed by atoms with Crippen molar-refractivity contribution in [3.8, 4) is 0 Å². The number of anilines is 2. The summed E-state index contributed by atoms with van der Waals surface area (Å²) in [4.78, 5) is 10.1. The van der Waals surface area contributed by atoms with Crippen LogP contribution in [0.2, 0.25) is 0 Å². The van der Waals surface area contributed by atoms with Gasteiger partial charge in [0.15, 0.2) is 0 Å². The van der Waals surface area contributed by atoms with Gasteiger partial charge in [-0.15, -0.1) is 0 Å². The van der Waals surface area contributed by atoms with Crippen LogP contribution in [0.3, 0.4) is 0 Å². The van der Waals surface area contributed by atoms with E-state index in [1.807, 2.05) is 11.8 Å². The molecule has 94 valence electrons. The van der Waals surface area contributed by atoms with Crippen molar-refractivity contribution >= 4 is 28.8 Å². The van der Waals surface area contributed by atoms with Crippen molar-refractivity contribution in [2.45, 2.75) is 13.3 Å². The first kappa shape index (κ1) is 13.6. The van der Waals surface area contributed by atoms with Crippen LogP contribution in [0.5, 0.6) is 0 Å². The van der Waals surface area contributed by atoms with Crippen LogP contribution in [-0.2, 0) is 0 Å². The van der Waals surface area contributed by atoms with E-state index in [2.05, 4.69) is 12.2 Å². The molecule has 0 aliphatic carbocycles. The zero-order chi connectivity index (χ0) is 12.7. The molecule has 0 unspecified atom stereocenters. The molecule has 0 saturated carbocycles. The van der Waals surface area contributed by atoms with Crippen LogP contribution in [0.4, 0.5) is 17.1 Å².